The van der Waals surface area contributed by atoms with Crippen molar-refractivity contribution in [2.24, 2.45) is 0 Å². The molecular formula is C25H27N3O4S. The molecule has 0 radical (unpaired) electrons. The molecule has 0 saturated heterocycles. The zero-order valence-electron chi connectivity index (χ0n) is 19.0. The molecule has 0 fully saturated rings. The molecule has 33 heavy (non-hydrogen) atoms. The number of aryl methyl sites for hydroxylation is 3. The van der Waals surface area contributed by atoms with E-state index in [1.165, 1.54) is 6.92 Å². The Bertz CT molecular complexity index is 1270. The van der Waals surface area contributed by atoms with Crippen molar-refractivity contribution in [2.45, 2.75) is 32.6 Å². The van der Waals surface area contributed by atoms with Crippen LogP contribution in [-0.4, -0.2) is 26.8 Å². The van der Waals surface area contributed by atoms with Gasteiger partial charge < -0.3 is 10.6 Å². The van der Waals surface area contributed by atoms with E-state index in [1.807, 2.05) is 32.9 Å². The van der Waals surface area contributed by atoms with Crippen LogP contribution in [0.3, 0.4) is 0 Å². The first-order valence-electron chi connectivity index (χ1n) is 10.4. The molecule has 7 nitrogen and oxygen atoms in total. The lowest BCUT2D eigenvalue weighted by Gasteiger charge is -2.26. The summed E-state index contributed by atoms with van der Waals surface area (Å²) in [6.07, 6.45) is 0. The molecule has 0 unspecified atom stereocenters. The number of sulfonamides is 1. The van der Waals surface area contributed by atoms with Crippen molar-refractivity contribution in [1.82, 2.24) is 0 Å². The van der Waals surface area contributed by atoms with E-state index in [1.54, 1.807) is 54.6 Å². The molecule has 0 heterocycles. The fourth-order valence-corrected chi connectivity index (χ4v) is 4.88. The Morgan fingerprint density at radius 1 is 0.788 bits per heavy atom. The molecule has 3 aromatic carbocycles. The Morgan fingerprint density at radius 2 is 1.33 bits per heavy atom. The number of hydrogen-bond donors (Lipinski definition) is 2. The van der Waals surface area contributed by atoms with Crippen LogP contribution in [0.5, 0.6) is 0 Å². The fourth-order valence-electron chi connectivity index (χ4n) is 3.39. The minimum absolute atomic E-state index is 0.112. The Labute approximate surface area is 194 Å². The Morgan fingerprint density at radius 3 is 1.88 bits per heavy atom. The molecule has 0 saturated carbocycles. The third-order valence-corrected chi connectivity index (χ3v) is 6.78. The van der Waals surface area contributed by atoms with Gasteiger partial charge in [-0.2, -0.15) is 0 Å². The highest BCUT2D eigenvalue weighted by Gasteiger charge is 2.28. The van der Waals surface area contributed by atoms with E-state index in [2.05, 4.69) is 10.6 Å². The summed E-state index contributed by atoms with van der Waals surface area (Å²) < 4.78 is 28.2. The number of anilines is 3. The maximum absolute atomic E-state index is 13.5. The van der Waals surface area contributed by atoms with E-state index < -0.39 is 22.5 Å². The van der Waals surface area contributed by atoms with Gasteiger partial charge in [0, 0.05) is 18.3 Å². The topological polar surface area (TPSA) is 95.6 Å². The molecule has 0 aromatic heterocycles. The van der Waals surface area contributed by atoms with Gasteiger partial charge in [-0.15, -0.1) is 0 Å². The monoisotopic (exact) mass is 465 g/mol. The summed E-state index contributed by atoms with van der Waals surface area (Å²) in [5.41, 5.74) is 4.21. The summed E-state index contributed by atoms with van der Waals surface area (Å²) in [6, 6.07) is 18.5. The van der Waals surface area contributed by atoms with Crippen molar-refractivity contribution >= 4 is 38.9 Å². The fraction of sp³-hybridized carbons (Fsp3) is 0.200. The second-order valence-corrected chi connectivity index (χ2v) is 9.78. The van der Waals surface area contributed by atoms with Gasteiger partial charge in [0.25, 0.3) is 10.0 Å². The second-order valence-electron chi connectivity index (χ2n) is 7.92. The van der Waals surface area contributed by atoms with Crippen molar-refractivity contribution in [3.05, 3.63) is 83.4 Å². The molecule has 0 aliphatic carbocycles. The summed E-state index contributed by atoms with van der Waals surface area (Å²) in [7, 11) is -3.99. The van der Waals surface area contributed by atoms with E-state index in [0.717, 1.165) is 21.0 Å². The zero-order valence-corrected chi connectivity index (χ0v) is 19.9. The number of amides is 2. The summed E-state index contributed by atoms with van der Waals surface area (Å²) in [6.45, 7) is 6.63. The summed E-state index contributed by atoms with van der Waals surface area (Å²) in [5.74, 6) is -0.685. The van der Waals surface area contributed by atoms with Crippen molar-refractivity contribution in [3.63, 3.8) is 0 Å². The molecule has 172 valence electrons. The minimum atomic E-state index is -3.99. The second kappa shape index (κ2) is 9.87. The molecule has 2 N–H and O–H groups in total. The third-order valence-electron chi connectivity index (χ3n) is 5.01. The predicted octanol–water partition coefficient (Wildman–Crippen LogP) is 4.40. The van der Waals surface area contributed by atoms with Crippen LogP contribution in [0.25, 0.3) is 0 Å². The first-order valence-corrected chi connectivity index (χ1v) is 11.8. The Kier molecular flexibility index (Phi) is 7.18. The molecule has 2 amide bonds. The van der Waals surface area contributed by atoms with Crippen molar-refractivity contribution in [1.29, 1.82) is 0 Å². The van der Waals surface area contributed by atoms with Gasteiger partial charge in [-0.3, -0.25) is 13.9 Å². The average Bonchev–Trinajstić information content (AvgIpc) is 2.74. The van der Waals surface area contributed by atoms with E-state index in [9.17, 15) is 18.0 Å². The van der Waals surface area contributed by atoms with E-state index in [4.69, 9.17) is 0 Å². The van der Waals surface area contributed by atoms with Crippen LogP contribution in [0, 0.1) is 20.8 Å². The molecular weight excluding hydrogens is 438 g/mol. The van der Waals surface area contributed by atoms with Crippen LogP contribution in [0.15, 0.2) is 71.6 Å². The van der Waals surface area contributed by atoms with Crippen LogP contribution < -0.4 is 14.9 Å². The summed E-state index contributed by atoms with van der Waals surface area (Å²) >= 11 is 0. The van der Waals surface area contributed by atoms with Gasteiger partial charge in [-0.25, -0.2) is 8.42 Å². The quantitative estimate of drug-likeness (QED) is 0.540. The SMILES string of the molecule is CC(=O)Nc1ccc(NC(=O)CN(c2ccc(C)cc2C)S(=O)(=O)c2ccc(C)cc2)cc1. The molecule has 0 spiro atoms. The van der Waals surface area contributed by atoms with E-state index in [-0.39, 0.29) is 10.8 Å². The van der Waals surface area contributed by atoms with Gasteiger partial charge in [0.2, 0.25) is 11.8 Å². The normalized spacial score (nSPS) is 11.0. The van der Waals surface area contributed by atoms with Gasteiger partial charge in [-0.1, -0.05) is 35.4 Å². The highest BCUT2D eigenvalue weighted by molar-refractivity contribution is 7.92. The van der Waals surface area contributed by atoms with Crippen LogP contribution >= 0.6 is 0 Å². The van der Waals surface area contributed by atoms with Gasteiger partial charge >= 0.3 is 0 Å². The van der Waals surface area contributed by atoms with Crippen LogP contribution in [0.1, 0.15) is 23.6 Å². The molecule has 0 aliphatic heterocycles. The molecule has 3 rings (SSSR count). The Hall–Kier alpha value is -3.65. The van der Waals surface area contributed by atoms with E-state index in [0.29, 0.717) is 17.1 Å². The van der Waals surface area contributed by atoms with Gasteiger partial charge in [0.1, 0.15) is 6.54 Å². The zero-order chi connectivity index (χ0) is 24.2. The van der Waals surface area contributed by atoms with Crippen LogP contribution in [0.2, 0.25) is 0 Å². The summed E-state index contributed by atoms with van der Waals surface area (Å²) in [5, 5.41) is 5.38. The van der Waals surface area contributed by atoms with Gasteiger partial charge in [-0.05, 0) is 68.8 Å². The number of carbonyl (C=O) groups excluding carboxylic acids is 2. The number of nitrogens with zero attached hydrogens (tertiary/aromatic N) is 1. The van der Waals surface area contributed by atoms with Crippen molar-refractivity contribution < 1.29 is 18.0 Å². The third kappa shape index (κ3) is 5.98. The maximum Gasteiger partial charge on any atom is 0.264 e. The maximum atomic E-state index is 13.5. The Balaban J connectivity index is 1.90. The number of nitrogens with one attached hydrogen (secondary N) is 2. The van der Waals surface area contributed by atoms with E-state index >= 15 is 0 Å². The smallest absolute Gasteiger partial charge is 0.264 e. The van der Waals surface area contributed by atoms with Crippen molar-refractivity contribution in [3.8, 4) is 0 Å². The molecule has 3 aromatic rings. The molecule has 0 aliphatic rings. The lowest BCUT2D eigenvalue weighted by atomic mass is 10.1. The highest BCUT2D eigenvalue weighted by atomic mass is 32.2. The molecule has 0 bridgehead atoms. The lowest BCUT2D eigenvalue weighted by molar-refractivity contribution is -0.115. The van der Waals surface area contributed by atoms with Crippen molar-refractivity contribution in [2.75, 3.05) is 21.5 Å². The van der Waals surface area contributed by atoms with Gasteiger partial charge in [0.15, 0.2) is 0 Å². The number of benzene rings is 3. The lowest BCUT2D eigenvalue weighted by Crippen LogP contribution is -2.38. The minimum Gasteiger partial charge on any atom is -0.326 e. The molecule has 0 atom stereocenters. The first kappa shape index (κ1) is 24.0. The van der Waals surface area contributed by atoms with Gasteiger partial charge in [0.05, 0.1) is 10.6 Å². The predicted molar refractivity (Wildman–Crippen MR) is 131 cm³/mol. The summed E-state index contributed by atoms with van der Waals surface area (Å²) in [4.78, 5) is 24.2. The number of hydrogen-bond acceptors (Lipinski definition) is 4. The van der Waals surface area contributed by atoms with Crippen LogP contribution in [0.4, 0.5) is 17.1 Å². The standard InChI is InChI=1S/C25H27N3O4S/c1-17-5-12-23(13-6-17)33(31,32)28(24-14-7-18(2)15-19(24)3)16-25(30)27-22-10-8-21(9-11-22)26-20(4)29/h5-15H,16H2,1-4H3,(H,26,29)(H,27,30). The first-order chi connectivity index (χ1) is 15.6. The highest BCUT2D eigenvalue weighted by Crippen LogP contribution is 2.28. The largest absolute Gasteiger partial charge is 0.326 e. The number of carbonyl (C=O) groups is 2. The number of rotatable bonds is 7. The molecule has 8 heteroatoms. The average molecular weight is 466 g/mol. The van der Waals surface area contributed by atoms with Crippen LogP contribution in [-0.2, 0) is 19.6 Å².